The van der Waals surface area contributed by atoms with Crippen molar-refractivity contribution >= 4 is 11.5 Å². The van der Waals surface area contributed by atoms with Crippen molar-refractivity contribution in [3.63, 3.8) is 0 Å². The van der Waals surface area contributed by atoms with Crippen LogP contribution in [0, 0.1) is 0 Å². The Morgan fingerprint density at radius 1 is 1.25 bits per heavy atom. The van der Waals surface area contributed by atoms with E-state index < -0.39 is 0 Å². The minimum atomic E-state index is 0.108. The second kappa shape index (κ2) is 7.99. The van der Waals surface area contributed by atoms with E-state index in [-0.39, 0.29) is 5.78 Å². The molecule has 0 atom stereocenters. The van der Waals surface area contributed by atoms with E-state index in [4.69, 9.17) is 10.5 Å². The van der Waals surface area contributed by atoms with E-state index in [1.165, 1.54) is 0 Å². The Labute approximate surface area is 120 Å². The van der Waals surface area contributed by atoms with Crippen molar-refractivity contribution in [2.45, 2.75) is 6.42 Å². The van der Waals surface area contributed by atoms with Crippen molar-refractivity contribution in [3.05, 3.63) is 29.8 Å². The summed E-state index contributed by atoms with van der Waals surface area (Å²) in [6.45, 7) is 6.01. The van der Waals surface area contributed by atoms with Gasteiger partial charge in [-0.15, -0.1) is 0 Å². The van der Waals surface area contributed by atoms with Gasteiger partial charge in [0.05, 0.1) is 19.8 Å². The number of Topliss-reactive ketones (excluding diaryl/α,β-unsaturated/α-hetero) is 1. The summed E-state index contributed by atoms with van der Waals surface area (Å²) in [7, 11) is 0. The first-order valence-electron chi connectivity index (χ1n) is 7.15. The molecule has 1 aromatic rings. The van der Waals surface area contributed by atoms with E-state index in [1.807, 2.05) is 0 Å². The number of carbonyl (C=O) groups excluding carboxylic acids is 1. The predicted molar refractivity (Wildman–Crippen MR) is 79.9 cm³/mol. The van der Waals surface area contributed by atoms with Crippen LogP contribution in [0.1, 0.15) is 16.8 Å². The van der Waals surface area contributed by atoms with Crippen molar-refractivity contribution in [1.82, 2.24) is 10.2 Å². The fourth-order valence-electron chi connectivity index (χ4n) is 2.23. The number of hydrogen-bond donors (Lipinski definition) is 2. The van der Waals surface area contributed by atoms with Crippen LogP contribution in [0.2, 0.25) is 0 Å². The molecule has 1 aliphatic rings. The number of rotatable bonds is 7. The van der Waals surface area contributed by atoms with Gasteiger partial charge in [0.15, 0.2) is 5.78 Å². The summed E-state index contributed by atoms with van der Waals surface area (Å²) in [5.41, 5.74) is 6.99. The summed E-state index contributed by atoms with van der Waals surface area (Å²) in [4.78, 5) is 14.3. The zero-order chi connectivity index (χ0) is 14.2. The number of ketones is 1. The molecule has 0 amide bonds. The molecule has 0 saturated carbocycles. The number of nitrogens with two attached hydrogens (primary N) is 1. The third kappa shape index (κ3) is 4.92. The van der Waals surface area contributed by atoms with E-state index in [0.29, 0.717) is 17.8 Å². The number of nitrogen functional groups attached to an aromatic ring is 1. The molecular weight excluding hydrogens is 254 g/mol. The molecule has 3 N–H and O–H groups in total. The number of ether oxygens (including phenoxy) is 1. The van der Waals surface area contributed by atoms with Crippen LogP contribution >= 0.6 is 0 Å². The molecule has 0 aromatic heterocycles. The molecule has 1 aromatic carbocycles. The Kier molecular flexibility index (Phi) is 5.98. The molecule has 0 spiro atoms. The quantitative estimate of drug-likeness (QED) is 0.437. The van der Waals surface area contributed by atoms with Crippen LogP contribution in [-0.2, 0) is 4.74 Å². The number of anilines is 1. The van der Waals surface area contributed by atoms with E-state index >= 15 is 0 Å². The first-order valence-corrected chi connectivity index (χ1v) is 7.15. The average Bonchev–Trinajstić information content (AvgIpc) is 2.48. The Hall–Kier alpha value is -1.43. The Morgan fingerprint density at radius 2 is 1.95 bits per heavy atom. The van der Waals surface area contributed by atoms with Gasteiger partial charge in [0.25, 0.3) is 0 Å². The maximum atomic E-state index is 11.9. The van der Waals surface area contributed by atoms with Gasteiger partial charge in [0, 0.05) is 24.3 Å². The van der Waals surface area contributed by atoms with E-state index in [2.05, 4.69) is 10.2 Å². The maximum absolute atomic E-state index is 11.9. The molecule has 110 valence electrons. The van der Waals surface area contributed by atoms with Crippen LogP contribution in [0.3, 0.4) is 0 Å². The second-order valence-corrected chi connectivity index (χ2v) is 5.03. The highest BCUT2D eigenvalue weighted by Gasteiger charge is 2.09. The van der Waals surface area contributed by atoms with E-state index in [1.54, 1.807) is 24.3 Å². The molecule has 5 heteroatoms. The summed E-state index contributed by atoms with van der Waals surface area (Å²) < 4.78 is 5.31. The highest BCUT2D eigenvalue weighted by molar-refractivity contribution is 5.97. The Morgan fingerprint density at radius 3 is 2.65 bits per heavy atom. The third-order valence-electron chi connectivity index (χ3n) is 3.45. The topological polar surface area (TPSA) is 67.6 Å². The van der Waals surface area contributed by atoms with Gasteiger partial charge in [-0.05, 0) is 43.8 Å². The molecule has 1 heterocycles. The van der Waals surface area contributed by atoms with E-state index in [0.717, 1.165) is 45.8 Å². The van der Waals surface area contributed by atoms with Crippen molar-refractivity contribution in [1.29, 1.82) is 0 Å². The first kappa shape index (κ1) is 15.0. The zero-order valence-corrected chi connectivity index (χ0v) is 11.8. The third-order valence-corrected chi connectivity index (χ3v) is 3.45. The first-order chi connectivity index (χ1) is 9.75. The normalized spacial score (nSPS) is 16.2. The highest BCUT2D eigenvalue weighted by Crippen LogP contribution is 2.05. The van der Waals surface area contributed by atoms with Crippen molar-refractivity contribution in [2.24, 2.45) is 0 Å². The van der Waals surface area contributed by atoms with Gasteiger partial charge < -0.3 is 15.8 Å². The van der Waals surface area contributed by atoms with Gasteiger partial charge in [0.1, 0.15) is 0 Å². The van der Waals surface area contributed by atoms with Gasteiger partial charge in [-0.2, -0.15) is 0 Å². The molecule has 1 fully saturated rings. The number of hydrogen-bond acceptors (Lipinski definition) is 5. The lowest BCUT2D eigenvalue weighted by Crippen LogP contribution is -2.38. The number of benzene rings is 1. The highest BCUT2D eigenvalue weighted by atomic mass is 16.5. The van der Waals surface area contributed by atoms with Gasteiger partial charge >= 0.3 is 0 Å². The molecule has 20 heavy (non-hydrogen) atoms. The average molecular weight is 277 g/mol. The van der Waals surface area contributed by atoms with Crippen LogP contribution in [0.15, 0.2) is 24.3 Å². The standard InChI is InChI=1S/C15H23N3O2/c16-14-4-2-13(3-5-14)15(19)12-17-6-1-7-18-8-10-20-11-9-18/h2-5,17H,1,6-12,16H2. The van der Waals surface area contributed by atoms with E-state index in [9.17, 15) is 4.79 Å². The van der Waals surface area contributed by atoms with Crippen LogP contribution < -0.4 is 11.1 Å². The largest absolute Gasteiger partial charge is 0.399 e. The van der Waals surface area contributed by atoms with Crippen LogP contribution in [0.5, 0.6) is 0 Å². The molecule has 2 rings (SSSR count). The smallest absolute Gasteiger partial charge is 0.176 e. The summed E-state index contributed by atoms with van der Waals surface area (Å²) in [6.07, 6.45) is 1.05. The van der Waals surface area contributed by atoms with Crippen molar-refractivity contribution in [2.75, 3.05) is 51.7 Å². The predicted octanol–water partition coefficient (Wildman–Crippen LogP) is 0.763. The lowest BCUT2D eigenvalue weighted by atomic mass is 10.1. The summed E-state index contributed by atoms with van der Waals surface area (Å²) in [5.74, 6) is 0.108. The van der Waals surface area contributed by atoms with Crippen LogP contribution in [0.25, 0.3) is 0 Å². The summed E-state index contributed by atoms with van der Waals surface area (Å²) in [5, 5.41) is 3.20. The minimum Gasteiger partial charge on any atom is -0.399 e. The summed E-state index contributed by atoms with van der Waals surface area (Å²) in [6, 6.07) is 7.05. The van der Waals surface area contributed by atoms with Crippen molar-refractivity contribution < 1.29 is 9.53 Å². The fraction of sp³-hybridized carbons (Fsp3) is 0.533. The number of nitrogens with one attached hydrogen (secondary N) is 1. The molecule has 1 aliphatic heterocycles. The molecule has 5 nitrogen and oxygen atoms in total. The lowest BCUT2D eigenvalue weighted by molar-refractivity contribution is 0.0375. The Balaban J connectivity index is 1.58. The lowest BCUT2D eigenvalue weighted by Gasteiger charge is -2.26. The number of nitrogens with zero attached hydrogens (tertiary/aromatic N) is 1. The SMILES string of the molecule is Nc1ccc(C(=O)CNCCCN2CCOCC2)cc1. The monoisotopic (exact) mass is 277 g/mol. The van der Waals surface area contributed by atoms with Gasteiger partial charge in [-0.25, -0.2) is 0 Å². The Bertz CT molecular complexity index is 414. The molecule has 0 bridgehead atoms. The van der Waals surface area contributed by atoms with Gasteiger partial charge in [-0.1, -0.05) is 0 Å². The number of carbonyl (C=O) groups is 1. The minimum absolute atomic E-state index is 0.108. The molecule has 0 radical (unpaired) electrons. The second-order valence-electron chi connectivity index (χ2n) is 5.03. The molecular formula is C15H23N3O2. The van der Waals surface area contributed by atoms with Gasteiger partial charge in [0.2, 0.25) is 0 Å². The maximum Gasteiger partial charge on any atom is 0.176 e. The zero-order valence-electron chi connectivity index (χ0n) is 11.8. The van der Waals surface area contributed by atoms with Crippen LogP contribution in [-0.4, -0.2) is 56.6 Å². The fourth-order valence-corrected chi connectivity index (χ4v) is 2.23. The molecule has 0 unspecified atom stereocenters. The molecule has 0 aliphatic carbocycles. The van der Waals surface area contributed by atoms with Crippen LogP contribution in [0.4, 0.5) is 5.69 Å². The van der Waals surface area contributed by atoms with Crippen molar-refractivity contribution in [3.8, 4) is 0 Å². The summed E-state index contributed by atoms with van der Waals surface area (Å²) >= 11 is 0. The molecule has 1 saturated heterocycles. The van der Waals surface area contributed by atoms with Gasteiger partial charge in [-0.3, -0.25) is 9.69 Å². The number of morpholine rings is 1.